The van der Waals surface area contributed by atoms with Crippen molar-refractivity contribution in [3.8, 4) is 0 Å². The second kappa shape index (κ2) is 7.13. The number of ether oxygens (including phenoxy) is 6. The van der Waals surface area contributed by atoms with Gasteiger partial charge >= 0.3 is 0 Å². The SMILES string of the molecule is OC(COCC1CO1)COCC(OCC1CO1)C1CO1. The summed E-state index contributed by atoms with van der Waals surface area (Å²) in [5, 5.41) is 9.69. The van der Waals surface area contributed by atoms with E-state index in [0.717, 1.165) is 13.2 Å². The zero-order valence-electron chi connectivity index (χ0n) is 11.4. The third-order valence-corrected chi connectivity index (χ3v) is 3.28. The van der Waals surface area contributed by atoms with Crippen LogP contribution in [0.4, 0.5) is 0 Å². The summed E-state index contributed by atoms with van der Waals surface area (Å²) in [5.74, 6) is 0. The maximum absolute atomic E-state index is 9.69. The molecule has 0 saturated carbocycles. The van der Waals surface area contributed by atoms with Gasteiger partial charge in [0.25, 0.3) is 0 Å². The first kappa shape index (κ1) is 14.6. The highest BCUT2D eigenvalue weighted by atomic mass is 16.6. The average molecular weight is 290 g/mol. The van der Waals surface area contributed by atoms with Crippen molar-refractivity contribution in [1.82, 2.24) is 0 Å². The molecule has 5 atom stereocenters. The van der Waals surface area contributed by atoms with Crippen molar-refractivity contribution in [3.63, 3.8) is 0 Å². The predicted molar refractivity (Wildman–Crippen MR) is 66.6 cm³/mol. The van der Waals surface area contributed by atoms with Crippen molar-refractivity contribution < 1.29 is 33.5 Å². The molecule has 3 aliphatic rings. The van der Waals surface area contributed by atoms with Gasteiger partial charge in [0.1, 0.15) is 30.5 Å². The van der Waals surface area contributed by atoms with Gasteiger partial charge < -0.3 is 33.5 Å². The minimum absolute atomic E-state index is 0.0767. The van der Waals surface area contributed by atoms with Crippen LogP contribution in [-0.2, 0) is 28.4 Å². The molecule has 3 rings (SSSR count). The van der Waals surface area contributed by atoms with Crippen LogP contribution in [0.1, 0.15) is 0 Å². The van der Waals surface area contributed by atoms with Crippen molar-refractivity contribution in [2.45, 2.75) is 30.5 Å². The monoisotopic (exact) mass is 290 g/mol. The van der Waals surface area contributed by atoms with Crippen molar-refractivity contribution in [1.29, 1.82) is 0 Å². The zero-order chi connectivity index (χ0) is 13.8. The Balaban J connectivity index is 1.22. The lowest BCUT2D eigenvalue weighted by Gasteiger charge is -2.17. The van der Waals surface area contributed by atoms with Crippen LogP contribution >= 0.6 is 0 Å². The topological polar surface area (TPSA) is 85.5 Å². The molecule has 0 aromatic carbocycles. The Kier molecular flexibility index (Phi) is 5.22. The van der Waals surface area contributed by atoms with Gasteiger partial charge in [0.15, 0.2) is 0 Å². The van der Waals surface area contributed by atoms with Crippen LogP contribution in [0.25, 0.3) is 0 Å². The molecule has 3 aliphatic heterocycles. The lowest BCUT2D eigenvalue weighted by atomic mass is 10.3. The highest BCUT2D eigenvalue weighted by molar-refractivity contribution is 4.81. The Labute approximate surface area is 118 Å². The summed E-state index contributed by atoms with van der Waals surface area (Å²) >= 11 is 0. The first-order valence-electron chi connectivity index (χ1n) is 7.11. The van der Waals surface area contributed by atoms with E-state index in [1.807, 2.05) is 0 Å². The third-order valence-electron chi connectivity index (χ3n) is 3.28. The lowest BCUT2D eigenvalue weighted by molar-refractivity contribution is -0.0658. The summed E-state index contributed by atoms with van der Waals surface area (Å²) in [6.45, 7) is 4.30. The fraction of sp³-hybridized carbons (Fsp3) is 1.00. The van der Waals surface area contributed by atoms with E-state index >= 15 is 0 Å². The van der Waals surface area contributed by atoms with E-state index in [2.05, 4.69) is 0 Å². The predicted octanol–water partition coefficient (Wildman–Crippen LogP) is -1.04. The molecule has 0 amide bonds. The first-order chi connectivity index (χ1) is 9.81. The number of hydrogen-bond donors (Lipinski definition) is 1. The minimum atomic E-state index is -0.624. The Hall–Kier alpha value is -0.280. The van der Waals surface area contributed by atoms with E-state index in [0.29, 0.717) is 26.4 Å². The molecule has 0 spiro atoms. The molecular formula is C13H22O7. The van der Waals surface area contributed by atoms with Crippen molar-refractivity contribution >= 4 is 0 Å². The molecule has 3 saturated heterocycles. The molecule has 3 heterocycles. The van der Waals surface area contributed by atoms with Crippen LogP contribution in [0.2, 0.25) is 0 Å². The maximum Gasteiger partial charge on any atom is 0.109 e. The fourth-order valence-electron chi connectivity index (χ4n) is 1.80. The summed E-state index contributed by atoms with van der Waals surface area (Å²) in [7, 11) is 0. The Morgan fingerprint density at radius 1 is 0.900 bits per heavy atom. The molecule has 116 valence electrons. The van der Waals surface area contributed by atoms with Gasteiger partial charge in [-0.1, -0.05) is 0 Å². The largest absolute Gasteiger partial charge is 0.388 e. The molecule has 3 fully saturated rings. The lowest BCUT2D eigenvalue weighted by Crippen LogP contribution is -2.30. The third kappa shape index (κ3) is 5.61. The van der Waals surface area contributed by atoms with Crippen molar-refractivity contribution in [2.75, 3.05) is 52.9 Å². The van der Waals surface area contributed by atoms with Gasteiger partial charge in [-0.15, -0.1) is 0 Å². The Bertz CT molecular complexity index is 288. The van der Waals surface area contributed by atoms with Gasteiger partial charge in [-0.25, -0.2) is 0 Å². The van der Waals surface area contributed by atoms with Gasteiger partial charge in [-0.05, 0) is 0 Å². The van der Waals surface area contributed by atoms with Crippen LogP contribution < -0.4 is 0 Å². The molecule has 1 N–H and O–H groups in total. The van der Waals surface area contributed by atoms with Crippen LogP contribution in [-0.4, -0.2) is 88.5 Å². The second-order valence-corrected chi connectivity index (χ2v) is 5.38. The summed E-state index contributed by atoms with van der Waals surface area (Å²) < 4.78 is 31.8. The maximum atomic E-state index is 9.69. The van der Waals surface area contributed by atoms with Gasteiger partial charge in [0.05, 0.1) is 52.9 Å². The standard InChI is InChI=1S/C13H22O7/c14-9(1-15-3-10-4-17-10)2-16-7-12(13-8-20-13)19-6-11-5-18-11/h9-14H,1-8H2. The smallest absolute Gasteiger partial charge is 0.109 e. The fourth-order valence-corrected chi connectivity index (χ4v) is 1.80. The average Bonchev–Trinajstić information content (AvgIpc) is 3.27. The summed E-state index contributed by atoms with van der Waals surface area (Å²) in [6, 6.07) is 0. The highest BCUT2D eigenvalue weighted by Gasteiger charge is 2.35. The number of aliphatic hydroxyl groups excluding tert-OH is 1. The Morgan fingerprint density at radius 2 is 1.55 bits per heavy atom. The van der Waals surface area contributed by atoms with E-state index in [1.54, 1.807) is 0 Å². The molecule has 0 aliphatic carbocycles. The zero-order valence-corrected chi connectivity index (χ0v) is 11.4. The molecular weight excluding hydrogens is 268 g/mol. The highest BCUT2D eigenvalue weighted by Crippen LogP contribution is 2.19. The quantitative estimate of drug-likeness (QED) is 0.460. The van der Waals surface area contributed by atoms with E-state index in [9.17, 15) is 5.11 Å². The molecule has 20 heavy (non-hydrogen) atoms. The van der Waals surface area contributed by atoms with Gasteiger partial charge in [0, 0.05) is 0 Å². The molecule has 5 unspecified atom stereocenters. The van der Waals surface area contributed by atoms with Crippen molar-refractivity contribution in [2.24, 2.45) is 0 Å². The van der Waals surface area contributed by atoms with Crippen LogP contribution in [0.5, 0.6) is 0 Å². The molecule has 7 heteroatoms. The van der Waals surface area contributed by atoms with Gasteiger partial charge in [-0.2, -0.15) is 0 Å². The van der Waals surface area contributed by atoms with E-state index in [1.165, 1.54) is 0 Å². The van der Waals surface area contributed by atoms with Crippen LogP contribution in [0, 0.1) is 0 Å². The van der Waals surface area contributed by atoms with E-state index < -0.39 is 6.10 Å². The minimum Gasteiger partial charge on any atom is -0.388 e. The first-order valence-corrected chi connectivity index (χ1v) is 7.11. The number of rotatable bonds is 12. The number of epoxide rings is 3. The normalized spacial score (nSPS) is 33.8. The van der Waals surface area contributed by atoms with Gasteiger partial charge in [0.2, 0.25) is 0 Å². The van der Waals surface area contributed by atoms with Crippen molar-refractivity contribution in [3.05, 3.63) is 0 Å². The molecule has 0 aromatic rings. The molecule has 7 nitrogen and oxygen atoms in total. The number of hydrogen-bond acceptors (Lipinski definition) is 7. The second-order valence-electron chi connectivity index (χ2n) is 5.38. The molecule has 0 bridgehead atoms. The van der Waals surface area contributed by atoms with Crippen LogP contribution in [0.15, 0.2) is 0 Å². The molecule has 0 radical (unpaired) electrons. The molecule has 0 aromatic heterocycles. The Morgan fingerprint density at radius 3 is 2.20 bits per heavy atom. The van der Waals surface area contributed by atoms with E-state index in [-0.39, 0.29) is 37.6 Å². The summed E-state index contributed by atoms with van der Waals surface area (Å²) in [4.78, 5) is 0. The summed E-state index contributed by atoms with van der Waals surface area (Å²) in [6.07, 6.45) is -0.125. The van der Waals surface area contributed by atoms with Gasteiger partial charge in [-0.3, -0.25) is 0 Å². The van der Waals surface area contributed by atoms with Crippen LogP contribution in [0.3, 0.4) is 0 Å². The number of aliphatic hydroxyl groups is 1. The summed E-state index contributed by atoms with van der Waals surface area (Å²) in [5.41, 5.74) is 0. The van der Waals surface area contributed by atoms with E-state index in [4.69, 9.17) is 28.4 Å².